The zero-order valence-electron chi connectivity index (χ0n) is 7.75. The molecule has 0 fully saturated rings. The van der Waals surface area contributed by atoms with E-state index in [4.69, 9.17) is 17.3 Å². The van der Waals surface area contributed by atoms with Crippen LogP contribution in [0.4, 0.5) is 0 Å². The van der Waals surface area contributed by atoms with E-state index in [9.17, 15) is 4.79 Å². The Kier molecular flexibility index (Phi) is 4.92. The fourth-order valence-electron chi connectivity index (χ4n) is 0.663. The molecule has 0 aromatic carbocycles. The maximum Gasteiger partial charge on any atom is 0.253 e. The first-order valence-corrected chi connectivity index (χ1v) is 4.04. The van der Waals surface area contributed by atoms with Gasteiger partial charge in [-0.15, -0.1) is 0 Å². The zero-order chi connectivity index (χ0) is 10.4. The van der Waals surface area contributed by atoms with Crippen LogP contribution < -0.4 is 5.73 Å². The van der Waals surface area contributed by atoms with Gasteiger partial charge in [-0.05, 0) is 6.08 Å². The minimum atomic E-state index is -0.157. The van der Waals surface area contributed by atoms with E-state index >= 15 is 0 Å². The molecule has 0 saturated heterocycles. The molecule has 0 heterocycles. The van der Waals surface area contributed by atoms with Crippen LogP contribution in [0.25, 0.3) is 0 Å². The third-order valence-corrected chi connectivity index (χ3v) is 1.56. The van der Waals surface area contributed by atoms with E-state index in [1.54, 1.807) is 14.1 Å². The standard InChI is InChI=1S/C9H13ClN2O/c1-4-7(5-8(10)6-11)9(13)12(2)3/h4-6H,1,11H2,2-3H3/b7-5+,8-6+. The molecular formula is C9H13ClN2O. The average molecular weight is 201 g/mol. The van der Waals surface area contributed by atoms with Gasteiger partial charge in [0, 0.05) is 25.9 Å². The largest absolute Gasteiger partial charge is 0.403 e. The fourth-order valence-corrected chi connectivity index (χ4v) is 0.780. The molecule has 0 aromatic rings. The Morgan fingerprint density at radius 2 is 2.08 bits per heavy atom. The number of halogens is 1. The maximum atomic E-state index is 11.4. The zero-order valence-corrected chi connectivity index (χ0v) is 8.51. The van der Waals surface area contributed by atoms with Crippen molar-refractivity contribution in [2.45, 2.75) is 0 Å². The van der Waals surface area contributed by atoms with E-state index < -0.39 is 0 Å². The average Bonchev–Trinajstić information content (AvgIpc) is 2.12. The molecule has 0 radical (unpaired) electrons. The Hall–Kier alpha value is -1.22. The summed E-state index contributed by atoms with van der Waals surface area (Å²) in [5.41, 5.74) is 5.57. The monoisotopic (exact) mass is 200 g/mol. The summed E-state index contributed by atoms with van der Waals surface area (Å²) in [6, 6.07) is 0. The quantitative estimate of drug-likeness (QED) is 0.550. The van der Waals surface area contributed by atoms with E-state index in [2.05, 4.69) is 6.58 Å². The van der Waals surface area contributed by atoms with Gasteiger partial charge in [0.25, 0.3) is 5.91 Å². The number of likely N-dealkylation sites (N-methyl/N-ethyl adjacent to an activating group) is 1. The Bertz CT molecular complexity index is 267. The molecule has 4 heteroatoms. The second-order valence-corrected chi connectivity index (χ2v) is 2.99. The molecule has 0 aliphatic carbocycles. The van der Waals surface area contributed by atoms with Crippen LogP contribution in [0.5, 0.6) is 0 Å². The van der Waals surface area contributed by atoms with Gasteiger partial charge in [0.05, 0.1) is 5.03 Å². The van der Waals surface area contributed by atoms with Crippen molar-refractivity contribution in [3.8, 4) is 0 Å². The molecule has 0 unspecified atom stereocenters. The lowest BCUT2D eigenvalue weighted by Crippen LogP contribution is -2.22. The van der Waals surface area contributed by atoms with E-state index in [0.717, 1.165) is 0 Å². The van der Waals surface area contributed by atoms with Crippen LogP contribution in [0.2, 0.25) is 0 Å². The second kappa shape index (κ2) is 5.43. The van der Waals surface area contributed by atoms with Crippen molar-refractivity contribution in [3.05, 3.63) is 35.5 Å². The van der Waals surface area contributed by atoms with Crippen molar-refractivity contribution >= 4 is 17.5 Å². The molecule has 0 aliphatic heterocycles. The predicted molar refractivity (Wildman–Crippen MR) is 55.1 cm³/mol. The summed E-state index contributed by atoms with van der Waals surface area (Å²) in [5, 5.41) is 0.310. The molecule has 0 atom stereocenters. The first kappa shape index (κ1) is 11.8. The van der Waals surface area contributed by atoms with Gasteiger partial charge in [-0.25, -0.2) is 0 Å². The number of carbonyl (C=O) groups excluding carboxylic acids is 1. The summed E-state index contributed by atoms with van der Waals surface area (Å²) >= 11 is 5.63. The van der Waals surface area contributed by atoms with Gasteiger partial charge in [0.1, 0.15) is 0 Å². The Labute approximate surface area is 83.2 Å². The van der Waals surface area contributed by atoms with Crippen molar-refractivity contribution in [2.24, 2.45) is 5.73 Å². The van der Waals surface area contributed by atoms with Gasteiger partial charge in [0.15, 0.2) is 0 Å². The molecule has 0 bridgehead atoms. The van der Waals surface area contributed by atoms with Crippen molar-refractivity contribution in [1.82, 2.24) is 4.90 Å². The summed E-state index contributed by atoms with van der Waals surface area (Å²) in [6.45, 7) is 3.51. The molecule has 72 valence electrons. The molecule has 2 N–H and O–H groups in total. The second-order valence-electron chi connectivity index (χ2n) is 2.55. The number of nitrogens with zero attached hydrogens (tertiary/aromatic N) is 1. The third-order valence-electron chi connectivity index (χ3n) is 1.33. The van der Waals surface area contributed by atoms with Crippen LogP contribution in [0.1, 0.15) is 0 Å². The topological polar surface area (TPSA) is 46.3 Å². The number of hydrogen-bond acceptors (Lipinski definition) is 2. The molecule has 13 heavy (non-hydrogen) atoms. The molecule has 0 rings (SSSR count). The minimum absolute atomic E-state index is 0.157. The normalized spacial score (nSPS) is 12.5. The molecule has 0 spiro atoms. The van der Waals surface area contributed by atoms with E-state index in [-0.39, 0.29) is 5.91 Å². The van der Waals surface area contributed by atoms with E-state index in [1.807, 2.05) is 0 Å². The third kappa shape index (κ3) is 3.80. The van der Waals surface area contributed by atoms with Crippen LogP contribution >= 0.6 is 11.6 Å². The van der Waals surface area contributed by atoms with Gasteiger partial charge in [-0.2, -0.15) is 0 Å². The molecule has 0 aliphatic rings. The maximum absolute atomic E-state index is 11.4. The van der Waals surface area contributed by atoms with E-state index in [0.29, 0.717) is 10.6 Å². The minimum Gasteiger partial charge on any atom is -0.403 e. The van der Waals surface area contributed by atoms with Crippen molar-refractivity contribution < 1.29 is 4.79 Å². The smallest absolute Gasteiger partial charge is 0.253 e. The first-order valence-electron chi connectivity index (χ1n) is 3.66. The van der Waals surface area contributed by atoms with Gasteiger partial charge in [0.2, 0.25) is 0 Å². The first-order chi connectivity index (χ1) is 6.02. The molecule has 3 nitrogen and oxygen atoms in total. The Morgan fingerprint density at radius 1 is 1.54 bits per heavy atom. The van der Waals surface area contributed by atoms with Crippen LogP contribution in [0.15, 0.2) is 35.5 Å². The Balaban J connectivity index is 4.80. The number of amides is 1. The predicted octanol–water partition coefficient (Wildman–Crippen LogP) is 1.23. The molecular weight excluding hydrogens is 188 g/mol. The van der Waals surface area contributed by atoms with Crippen molar-refractivity contribution in [3.63, 3.8) is 0 Å². The number of allylic oxidation sites excluding steroid dienone is 2. The number of nitrogens with two attached hydrogens (primary N) is 1. The Morgan fingerprint density at radius 3 is 2.38 bits per heavy atom. The van der Waals surface area contributed by atoms with Gasteiger partial charge in [-0.3, -0.25) is 4.79 Å². The van der Waals surface area contributed by atoms with Crippen LogP contribution in [0.3, 0.4) is 0 Å². The van der Waals surface area contributed by atoms with Crippen LogP contribution in [0, 0.1) is 0 Å². The summed E-state index contributed by atoms with van der Waals surface area (Å²) in [6.07, 6.45) is 4.12. The lowest BCUT2D eigenvalue weighted by atomic mass is 10.2. The van der Waals surface area contributed by atoms with Crippen LogP contribution in [-0.4, -0.2) is 24.9 Å². The van der Waals surface area contributed by atoms with Gasteiger partial charge < -0.3 is 10.6 Å². The fraction of sp³-hybridized carbons (Fsp3) is 0.222. The summed E-state index contributed by atoms with van der Waals surface area (Å²) in [7, 11) is 3.31. The highest BCUT2D eigenvalue weighted by molar-refractivity contribution is 6.31. The van der Waals surface area contributed by atoms with E-state index in [1.165, 1.54) is 23.3 Å². The van der Waals surface area contributed by atoms with Crippen molar-refractivity contribution in [2.75, 3.05) is 14.1 Å². The highest BCUT2D eigenvalue weighted by Crippen LogP contribution is 2.08. The molecule has 0 saturated carbocycles. The summed E-state index contributed by atoms with van der Waals surface area (Å²) in [5.74, 6) is -0.157. The van der Waals surface area contributed by atoms with Gasteiger partial charge >= 0.3 is 0 Å². The molecule has 0 aromatic heterocycles. The lowest BCUT2D eigenvalue weighted by molar-refractivity contribution is -0.124. The lowest BCUT2D eigenvalue weighted by Gasteiger charge is -2.10. The SMILES string of the molecule is C=C/C(=C\C(Cl)=C/N)C(=O)N(C)C. The number of carbonyl (C=O) groups is 1. The highest BCUT2D eigenvalue weighted by atomic mass is 35.5. The van der Waals surface area contributed by atoms with Gasteiger partial charge in [-0.1, -0.05) is 24.3 Å². The van der Waals surface area contributed by atoms with Crippen LogP contribution in [-0.2, 0) is 4.79 Å². The number of hydrogen-bond donors (Lipinski definition) is 1. The summed E-state index contributed by atoms with van der Waals surface area (Å²) < 4.78 is 0. The summed E-state index contributed by atoms with van der Waals surface area (Å²) in [4.78, 5) is 12.8. The number of rotatable bonds is 3. The van der Waals surface area contributed by atoms with Crippen molar-refractivity contribution in [1.29, 1.82) is 0 Å². The highest BCUT2D eigenvalue weighted by Gasteiger charge is 2.07. The molecule has 1 amide bonds.